The number of aryl methyl sites for hydroxylation is 2. The first-order valence-corrected chi connectivity index (χ1v) is 13.1. The summed E-state index contributed by atoms with van der Waals surface area (Å²) < 4.78 is 6.37. The number of fused-ring (bicyclic) bond motifs is 1. The van der Waals surface area contributed by atoms with Gasteiger partial charge < -0.3 is 15.0 Å². The molecule has 0 spiro atoms. The van der Waals surface area contributed by atoms with Crippen molar-refractivity contribution in [3.8, 4) is 5.69 Å². The fourth-order valence-corrected chi connectivity index (χ4v) is 5.42. The predicted molar refractivity (Wildman–Crippen MR) is 146 cm³/mol. The van der Waals surface area contributed by atoms with Crippen molar-refractivity contribution in [2.45, 2.75) is 27.2 Å². The van der Waals surface area contributed by atoms with Gasteiger partial charge in [-0.15, -0.1) is 11.3 Å². The molecule has 1 atom stereocenters. The highest BCUT2D eigenvalue weighted by molar-refractivity contribution is 7.16. The fraction of sp³-hybridized carbons (Fsp3) is 0.250. The number of benzene rings is 2. The van der Waals surface area contributed by atoms with Gasteiger partial charge in [-0.3, -0.25) is 14.4 Å². The number of hydrogen-bond donors (Lipinski definition) is 1. The van der Waals surface area contributed by atoms with Gasteiger partial charge in [0.05, 0.1) is 23.6 Å². The zero-order valence-corrected chi connectivity index (χ0v) is 22.0. The number of aromatic nitrogens is 2. The van der Waals surface area contributed by atoms with Gasteiger partial charge in [-0.05, 0) is 56.2 Å². The second-order valence-corrected chi connectivity index (χ2v) is 10.0. The molecule has 2 aromatic heterocycles. The molecule has 10 heteroatoms. The molecule has 4 aromatic rings. The van der Waals surface area contributed by atoms with Crippen molar-refractivity contribution in [2.24, 2.45) is 5.92 Å². The molecule has 1 unspecified atom stereocenters. The van der Waals surface area contributed by atoms with Gasteiger partial charge in [-0.2, -0.15) is 9.78 Å². The molecule has 0 aliphatic carbocycles. The zero-order chi connectivity index (χ0) is 27.0. The van der Waals surface area contributed by atoms with Crippen molar-refractivity contribution in [3.05, 3.63) is 81.1 Å². The molecular formula is C28H26N4O5S. The number of nitrogens with one attached hydrogen (secondary N) is 1. The van der Waals surface area contributed by atoms with E-state index in [0.717, 1.165) is 28.2 Å². The summed E-state index contributed by atoms with van der Waals surface area (Å²) in [6.45, 7) is 5.95. The molecule has 38 heavy (non-hydrogen) atoms. The standard InChI is InChI=1S/C28H26N4O5S/c1-4-37-28(36)24-21-15-38-26(23(21)27(35)32(30-24)20-11-10-16(2)17(3)12-20)29-25(34)18-13-22(33)31(14-18)19-8-6-5-7-9-19/h5-12,15,18H,4,13-14H2,1-3H3,(H,29,34). The topological polar surface area (TPSA) is 111 Å². The van der Waals surface area contributed by atoms with E-state index in [1.54, 1.807) is 23.3 Å². The second-order valence-electron chi connectivity index (χ2n) is 9.14. The summed E-state index contributed by atoms with van der Waals surface area (Å²) in [5.41, 5.74) is 2.75. The molecule has 1 fully saturated rings. The van der Waals surface area contributed by atoms with E-state index in [1.807, 2.05) is 56.3 Å². The first kappa shape index (κ1) is 25.3. The van der Waals surface area contributed by atoms with Crippen LogP contribution in [0.2, 0.25) is 0 Å². The lowest BCUT2D eigenvalue weighted by atomic mass is 10.1. The van der Waals surface area contributed by atoms with Crippen LogP contribution in [-0.4, -0.2) is 40.7 Å². The number of ether oxygens (including phenoxy) is 1. The van der Waals surface area contributed by atoms with E-state index in [0.29, 0.717) is 16.1 Å². The van der Waals surface area contributed by atoms with Gasteiger partial charge in [0, 0.05) is 29.4 Å². The van der Waals surface area contributed by atoms with E-state index in [2.05, 4.69) is 10.4 Å². The van der Waals surface area contributed by atoms with E-state index in [1.165, 1.54) is 4.68 Å². The maximum Gasteiger partial charge on any atom is 0.359 e. The molecule has 1 saturated heterocycles. The lowest BCUT2D eigenvalue weighted by molar-refractivity contribution is -0.122. The lowest BCUT2D eigenvalue weighted by Gasteiger charge is -2.16. The Kier molecular flexibility index (Phi) is 6.81. The van der Waals surface area contributed by atoms with Gasteiger partial charge in [-0.1, -0.05) is 24.3 Å². The Morgan fingerprint density at radius 2 is 1.84 bits per heavy atom. The Morgan fingerprint density at radius 1 is 1.08 bits per heavy atom. The minimum Gasteiger partial charge on any atom is -0.461 e. The lowest BCUT2D eigenvalue weighted by Crippen LogP contribution is -2.29. The first-order chi connectivity index (χ1) is 18.3. The first-order valence-electron chi connectivity index (χ1n) is 12.2. The van der Waals surface area contributed by atoms with Crippen molar-refractivity contribution in [1.29, 1.82) is 0 Å². The van der Waals surface area contributed by atoms with Crippen molar-refractivity contribution >= 4 is 50.6 Å². The smallest absolute Gasteiger partial charge is 0.359 e. The third kappa shape index (κ3) is 4.58. The Hall–Kier alpha value is -4.31. The summed E-state index contributed by atoms with van der Waals surface area (Å²) in [4.78, 5) is 53.9. The Labute approximate surface area is 222 Å². The normalized spacial score (nSPS) is 15.2. The number of nitrogens with zero attached hydrogens (tertiary/aromatic N) is 3. The maximum absolute atomic E-state index is 13.7. The van der Waals surface area contributed by atoms with Crippen LogP contribution in [0.1, 0.15) is 35.0 Å². The third-order valence-corrected chi connectivity index (χ3v) is 7.55. The molecule has 1 aliphatic heterocycles. The average molecular weight is 531 g/mol. The fourth-order valence-electron chi connectivity index (χ4n) is 4.48. The van der Waals surface area contributed by atoms with E-state index in [9.17, 15) is 19.2 Å². The molecule has 2 aromatic carbocycles. The van der Waals surface area contributed by atoms with Gasteiger partial charge in [0.15, 0.2) is 5.69 Å². The predicted octanol–water partition coefficient (Wildman–Crippen LogP) is 4.23. The van der Waals surface area contributed by atoms with Crippen LogP contribution in [0.25, 0.3) is 16.5 Å². The van der Waals surface area contributed by atoms with Crippen molar-refractivity contribution in [1.82, 2.24) is 9.78 Å². The minimum atomic E-state index is -0.661. The largest absolute Gasteiger partial charge is 0.461 e. The van der Waals surface area contributed by atoms with Crippen LogP contribution >= 0.6 is 11.3 Å². The number of hydrogen-bond acceptors (Lipinski definition) is 7. The number of esters is 1. The van der Waals surface area contributed by atoms with Gasteiger partial charge in [-0.25, -0.2) is 4.79 Å². The summed E-state index contributed by atoms with van der Waals surface area (Å²) in [6.07, 6.45) is 0.0620. The maximum atomic E-state index is 13.7. The summed E-state index contributed by atoms with van der Waals surface area (Å²) in [6, 6.07) is 14.6. The number of rotatable bonds is 6. The summed E-state index contributed by atoms with van der Waals surface area (Å²) in [5, 5.41) is 9.59. The number of amides is 2. The summed E-state index contributed by atoms with van der Waals surface area (Å²) in [5.74, 6) is -1.76. The van der Waals surface area contributed by atoms with E-state index >= 15 is 0 Å². The molecule has 0 bridgehead atoms. The number of carbonyl (C=O) groups excluding carboxylic acids is 3. The Bertz CT molecular complexity index is 1630. The highest BCUT2D eigenvalue weighted by Gasteiger charge is 2.35. The van der Waals surface area contributed by atoms with Crippen molar-refractivity contribution < 1.29 is 19.1 Å². The van der Waals surface area contributed by atoms with Crippen LogP contribution in [-0.2, 0) is 14.3 Å². The van der Waals surface area contributed by atoms with Gasteiger partial charge >= 0.3 is 5.97 Å². The summed E-state index contributed by atoms with van der Waals surface area (Å²) in [7, 11) is 0. The average Bonchev–Trinajstić information content (AvgIpc) is 3.51. The van der Waals surface area contributed by atoms with Gasteiger partial charge in [0.2, 0.25) is 11.8 Å². The quantitative estimate of drug-likeness (QED) is 0.374. The number of thiophene rings is 1. The molecule has 0 radical (unpaired) electrons. The van der Waals surface area contributed by atoms with Crippen molar-refractivity contribution in [3.63, 3.8) is 0 Å². The van der Waals surface area contributed by atoms with Crippen LogP contribution in [0.15, 0.2) is 58.7 Å². The highest BCUT2D eigenvalue weighted by atomic mass is 32.1. The van der Waals surface area contributed by atoms with E-state index in [-0.39, 0.29) is 42.5 Å². The molecule has 2 amide bonds. The Balaban J connectivity index is 1.53. The summed E-state index contributed by atoms with van der Waals surface area (Å²) >= 11 is 1.13. The highest BCUT2D eigenvalue weighted by Crippen LogP contribution is 2.32. The van der Waals surface area contributed by atoms with Crippen LogP contribution < -0.4 is 15.8 Å². The molecule has 9 nitrogen and oxygen atoms in total. The molecule has 3 heterocycles. The van der Waals surface area contributed by atoms with E-state index in [4.69, 9.17) is 4.74 Å². The van der Waals surface area contributed by atoms with Crippen LogP contribution in [0, 0.1) is 19.8 Å². The number of carbonyl (C=O) groups is 3. The zero-order valence-electron chi connectivity index (χ0n) is 21.2. The monoisotopic (exact) mass is 530 g/mol. The van der Waals surface area contributed by atoms with Crippen LogP contribution in [0.3, 0.4) is 0 Å². The molecule has 194 valence electrons. The minimum absolute atomic E-state index is 0.0114. The molecule has 1 N–H and O–H groups in total. The molecule has 5 rings (SSSR count). The van der Waals surface area contributed by atoms with Gasteiger partial charge in [0.25, 0.3) is 5.56 Å². The molecule has 1 aliphatic rings. The SMILES string of the molecule is CCOC(=O)c1nn(-c2ccc(C)c(C)c2)c(=O)c2c(NC(=O)C3CC(=O)N(c4ccccc4)C3)scc12. The van der Waals surface area contributed by atoms with Crippen molar-refractivity contribution in [2.75, 3.05) is 23.4 Å². The Morgan fingerprint density at radius 3 is 2.55 bits per heavy atom. The number of para-hydroxylation sites is 1. The van der Waals surface area contributed by atoms with Crippen LogP contribution in [0.4, 0.5) is 10.7 Å². The molecular weight excluding hydrogens is 504 g/mol. The van der Waals surface area contributed by atoms with E-state index < -0.39 is 17.4 Å². The van der Waals surface area contributed by atoms with Crippen LogP contribution in [0.5, 0.6) is 0 Å². The molecule has 0 saturated carbocycles. The third-order valence-electron chi connectivity index (χ3n) is 6.66. The number of anilines is 2. The second kappa shape index (κ2) is 10.2. The van der Waals surface area contributed by atoms with Gasteiger partial charge in [0.1, 0.15) is 5.00 Å².